The van der Waals surface area contributed by atoms with E-state index in [1.807, 2.05) is 12.1 Å². The highest BCUT2D eigenvalue weighted by Gasteiger charge is 2.10. The Morgan fingerprint density at radius 1 is 1.53 bits per heavy atom. The highest BCUT2D eigenvalue weighted by Crippen LogP contribution is 2.25. The zero-order valence-electron chi connectivity index (χ0n) is 8.44. The number of amidine groups is 1. The van der Waals surface area contributed by atoms with Crippen molar-refractivity contribution in [1.29, 1.82) is 0 Å². The molecule has 0 bridgehead atoms. The van der Waals surface area contributed by atoms with E-state index in [0.29, 0.717) is 6.42 Å². The number of hydrogen-bond donors (Lipinski definition) is 2. The molecule has 1 aromatic carbocycles. The van der Waals surface area contributed by atoms with Gasteiger partial charge in [-0.15, -0.1) is 0 Å². The first-order valence-corrected chi connectivity index (χ1v) is 5.00. The molecule has 0 fully saturated rings. The SMILES string of the molecule is N/C(Cc1ccc2c(c1)CCCO2)=N\O. The summed E-state index contributed by atoms with van der Waals surface area (Å²) in [7, 11) is 0. The quantitative estimate of drug-likeness (QED) is 0.332. The summed E-state index contributed by atoms with van der Waals surface area (Å²) in [6.07, 6.45) is 2.57. The zero-order chi connectivity index (χ0) is 10.7. The lowest BCUT2D eigenvalue weighted by Gasteiger charge is -2.17. The average molecular weight is 206 g/mol. The summed E-state index contributed by atoms with van der Waals surface area (Å²) in [6.45, 7) is 0.798. The molecule has 0 amide bonds. The third kappa shape index (κ3) is 2.21. The van der Waals surface area contributed by atoms with Gasteiger partial charge in [0.1, 0.15) is 11.6 Å². The van der Waals surface area contributed by atoms with Crippen molar-refractivity contribution < 1.29 is 9.94 Å². The summed E-state index contributed by atoms with van der Waals surface area (Å²) < 4.78 is 5.50. The predicted octanol–water partition coefficient (Wildman–Crippen LogP) is 1.30. The Bertz CT molecular complexity index is 388. The van der Waals surface area contributed by atoms with Gasteiger partial charge in [0.05, 0.1) is 6.61 Å². The molecule has 1 aliphatic rings. The van der Waals surface area contributed by atoms with Crippen molar-refractivity contribution in [2.24, 2.45) is 10.9 Å². The lowest BCUT2D eigenvalue weighted by molar-refractivity contribution is 0.288. The monoisotopic (exact) mass is 206 g/mol. The number of fused-ring (bicyclic) bond motifs is 1. The number of benzene rings is 1. The lowest BCUT2D eigenvalue weighted by Crippen LogP contribution is -2.15. The van der Waals surface area contributed by atoms with Crippen LogP contribution >= 0.6 is 0 Å². The van der Waals surface area contributed by atoms with Crippen LogP contribution in [-0.2, 0) is 12.8 Å². The number of aryl methyl sites for hydroxylation is 1. The molecule has 0 aromatic heterocycles. The molecule has 0 unspecified atom stereocenters. The summed E-state index contributed by atoms with van der Waals surface area (Å²) in [5, 5.41) is 11.4. The first-order chi connectivity index (χ1) is 7.29. The Morgan fingerprint density at radius 2 is 2.40 bits per heavy atom. The van der Waals surface area contributed by atoms with E-state index >= 15 is 0 Å². The minimum Gasteiger partial charge on any atom is -0.493 e. The fourth-order valence-corrected chi connectivity index (χ4v) is 1.77. The van der Waals surface area contributed by atoms with Crippen molar-refractivity contribution >= 4 is 5.84 Å². The maximum atomic E-state index is 8.47. The summed E-state index contributed by atoms with van der Waals surface area (Å²) in [5.74, 6) is 1.19. The molecule has 0 saturated carbocycles. The van der Waals surface area contributed by atoms with E-state index < -0.39 is 0 Å². The van der Waals surface area contributed by atoms with Gasteiger partial charge >= 0.3 is 0 Å². The fourth-order valence-electron chi connectivity index (χ4n) is 1.77. The highest BCUT2D eigenvalue weighted by atomic mass is 16.5. The van der Waals surface area contributed by atoms with E-state index in [4.69, 9.17) is 15.7 Å². The Labute approximate surface area is 88.3 Å². The molecule has 0 saturated heterocycles. The third-order valence-corrected chi connectivity index (χ3v) is 2.49. The van der Waals surface area contributed by atoms with Gasteiger partial charge in [-0.05, 0) is 30.0 Å². The van der Waals surface area contributed by atoms with Crippen LogP contribution in [0.2, 0.25) is 0 Å². The molecule has 0 spiro atoms. The van der Waals surface area contributed by atoms with Gasteiger partial charge in [-0.3, -0.25) is 0 Å². The standard InChI is InChI=1S/C11H14N2O2/c12-11(13-14)7-8-3-4-10-9(6-8)2-1-5-15-10/h3-4,6,14H,1-2,5,7H2,(H2,12,13). The van der Waals surface area contributed by atoms with Crippen LogP contribution in [0.15, 0.2) is 23.4 Å². The van der Waals surface area contributed by atoms with Crippen molar-refractivity contribution in [2.45, 2.75) is 19.3 Å². The summed E-state index contributed by atoms with van der Waals surface area (Å²) in [6, 6.07) is 5.96. The van der Waals surface area contributed by atoms with E-state index in [0.717, 1.165) is 30.8 Å². The molecule has 3 N–H and O–H groups in total. The maximum Gasteiger partial charge on any atom is 0.143 e. The first-order valence-electron chi connectivity index (χ1n) is 5.00. The van der Waals surface area contributed by atoms with E-state index in [1.54, 1.807) is 0 Å². The zero-order valence-corrected chi connectivity index (χ0v) is 8.44. The van der Waals surface area contributed by atoms with Crippen LogP contribution in [0.1, 0.15) is 17.5 Å². The van der Waals surface area contributed by atoms with Crippen LogP contribution < -0.4 is 10.5 Å². The van der Waals surface area contributed by atoms with E-state index in [1.165, 1.54) is 5.56 Å². The minimum atomic E-state index is 0.228. The Morgan fingerprint density at radius 3 is 3.20 bits per heavy atom. The lowest BCUT2D eigenvalue weighted by atomic mass is 10.0. The molecule has 80 valence electrons. The van der Waals surface area contributed by atoms with Gasteiger partial charge in [0.25, 0.3) is 0 Å². The van der Waals surface area contributed by atoms with Crippen LogP contribution in [0.3, 0.4) is 0 Å². The molecule has 4 heteroatoms. The molecular weight excluding hydrogens is 192 g/mol. The Hall–Kier alpha value is -1.71. The van der Waals surface area contributed by atoms with E-state index in [9.17, 15) is 0 Å². The molecule has 4 nitrogen and oxygen atoms in total. The Balaban J connectivity index is 2.20. The predicted molar refractivity (Wildman–Crippen MR) is 57.4 cm³/mol. The van der Waals surface area contributed by atoms with Crippen LogP contribution in [0, 0.1) is 0 Å². The average Bonchev–Trinajstić information content (AvgIpc) is 2.29. The second kappa shape index (κ2) is 4.21. The summed E-state index contributed by atoms with van der Waals surface area (Å²) >= 11 is 0. The number of nitrogens with two attached hydrogens (primary N) is 1. The smallest absolute Gasteiger partial charge is 0.143 e. The summed E-state index contributed by atoms with van der Waals surface area (Å²) in [4.78, 5) is 0. The van der Waals surface area contributed by atoms with Crippen molar-refractivity contribution in [3.05, 3.63) is 29.3 Å². The molecular formula is C11H14N2O2. The second-order valence-corrected chi connectivity index (χ2v) is 3.66. The maximum absolute atomic E-state index is 8.47. The molecule has 0 atom stereocenters. The van der Waals surface area contributed by atoms with Gasteiger partial charge in [0, 0.05) is 6.42 Å². The molecule has 0 radical (unpaired) electrons. The molecule has 2 rings (SSSR count). The number of ether oxygens (including phenoxy) is 1. The van der Waals surface area contributed by atoms with Crippen LogP contribution in [0.25, 0.3) is 0 Å². The second-order valence-electron chi connectivity index (χ2n) is 3.66. The number of hydrogen-bond acceptors (Lipinski definition) is 3. The fraction of sp³-hybridized carbons (Fsp3) is 0.364. The van der Waals surface area contributed by atoms with E-state index in [-0.39, 0.29) is 5.84 Å². The van der Waals surface area contributed by atoms with Gasteiger partial charge in [-0.1, -0.05) is 17.3 Å². The number of nitrogens with zero attached hydrogens (tertiary/aromatic N) is 1. The van der Waals surface area contributed by atoms with E-state index in [2.05, 4.69) is 11.2 Å². The topological polar surface area (TPSA) is 67.8 Å². The van der Waals surface area contributed by atoms with Crippen LogP contribution in [0.4, 0.5) is 0 Å². The van der Waals surface area contributed by atoms with Crippen molar-refractivity contribution in [1.82, 2.24) is 0 Å². The van der Waals surface area contributed by atoms with Crippen molar-refractivity contribution in [3.63, 3.8) is 0 Å². The van der Waals surface area contributed by atoms with Gasteiger partial charge in [0.2, 0.25) is 0 Å². The number of oxime groups is 1. The molecule has 1 aromatic rings. The molecule has 15 heavy (non-hydrogen) atoms. The van der Waals surface area contributed by atoms with Gasteiger partial charge in [0.15, 0.2) is 0 Å². The Kier molecular flexibility index (Phi) is 2.76. The van der Waals surface area contributed by atoms with Gasteiger partial charge in [-0.25, -0.2) is 0 Å². The van der Waals surface area contributed by atoms with Crippen molar-refractivity contribution in [3.8, 4) is 5.75 Å². The largest absolute Gasteiger partial charge is 0.493 e. The molecule has 0 aliphatic carbocycles. The molecule has 1 heterocycles. The van der Waals surface area contributed by atoms with Gasteiger partial charge < -0.3 is 15.7 Å². The highest BCUT2D eigenvalue weighted by molar-refractivity contribution is 5.82. The van der Waals surface area contributed by atoms with Gasteiger partial charge in [-0.2, -0.15) is 0 Å². The minimum absolute atomic E-state index is 0.228. The van der Waals surface area contributed by atoms with Crippen LogP contribution in [-0.4, -0.2) is 17.6 Å². The van der Waals surface area contributed by atoms with Crippen molar-refractivity contribution in [2.75, 3.05) is 6.61 Å². The normalized spacial score (nSPS) is 15.6. The third-order valence-electron chi connectivity index (χ3n) is 2.49. The molecule has 1 aliphatic heterocycles. The summed E-state index contributed by atoms with van der Waals surface area (Å²) in [5.41, 5.74) is 7.71. The van der Waals surface area contributed by atoms with Crippen LogP contribution in [0.5, 0.6) is 5.75 Å². The first kappa shape index (κ1) is 9.83. The number of rotatable bonds is 2.